The van der Waals surface area contributed by atoms with E-state index >= 15 is 0 Å². The maximum absolute atomic E-state index is 12.9. The number of hydrogen-bond acceptors (Lipinski definition) is 4. The van der Waals surface area contributed by atoms with E-state index in [2.05, 4.69) is 26.1 Å². The van der Waals surface area contributed by atoms with Gasteiger partial charge in [0.25, 0.3) is 0 Å². The van der Waals surface area contributed by atoms with E-state index in [0.29, 0.717) is 13.2 Å². The highest BCUT2D eigenvalue weighted by molar-refractivity contribution is 9.11. The minimum atomic E-state index is -0.858. The largest absolute Gasteiger partial charge is 0.204 e. The van der Waals surface area contributed by atoms with Gasteiger partial charge in [0.05, 0.1) is 0 Å². The van der Waals surface area contributed by atoms with Crippen LogP contribution in [0.3, 0.4) is 0 Å². The molecule has 2 nitrogen and oxygen atoms in total. The fourth-order valence-corrected chi connectivity index (χ4v) is 3.32. The second-order valence-corrected chi connectivity index (χ2v) is 6.07. The molecule has 7 heteroatoms. The van der Waals surface area contributed by atoms with E-state index in [1.807, 2.05) is 0 Å². The van der Waals surface area contributed by atoms with Crippen LogP contribution in [0.25, 0.3) is 0 Å². The van der Waals surface area contributed by atoms with Gasteiger partial charge in [-0.05, 0) is 34.1 Å². The van der Waals surface area contributed by atoms with Gasteiger partial charge in [0.1, 0.15) is 0 Å². The Morgan fingerprint density at radius 1 is 1.20 bits per heavy atom. The summed E-state index contributed by atoms with van der Waals surface area (Å²) in [5.74, 6) is -1.71. The summed E-state index contributed by atoms with van der Waals surface area (Å²) in [4.78, 5) is 0.595. The van der Waals surface area contributed by atoms with Crippen LogP contribution in [0.5, 0.6) is 0 Å². The van der Waals surface area contributed by atoms with Crippen molar-refractivity contribution in [1.29, 1.82) is 0 Å². The monoisotopic (exact) mass is 308 g/mol. The average Bonchev–Trinajstić information content (AvgIpc) is 2.58. The third-order valence-electron chi connectivity index (χ3n) is 1.48. The molecule has 0 amide bonds. The highest BCUT2D eigenvalue weighted by atomic mass is 79.9. The molecule has 0 N–H and O–H groups in total. The van der Waals surface area contributed by atoms with Crippen molar-refractivity contribution in [2.75, 3.05) is 0 Å². The Bertz CT molecular complexity index is 489. The quantitative estimate of drug-likeness (QED) is 0.845. The third kappa shape index (κ3) is 2.73. The molecule has 1 aromatic heterocycles. The standard InChI is InChI=1S/C8H3BrF2N2S2/c9-7-12-13-8(15-7)14-4-1-2-5(10)6(11)3-4/h1-3H. The van der Waals surface area contributed by atoms with Crippen molar-refractivity contribution in [2.45, 2.75) is 9.24 Å². The lowest BCUT2D eigenvalue weighted by molar-refractivity contribution is 0.506. The smallest absolute Gasteiger partial charge is 0.184 e. The zero-order valence-electron chi connectivity index (χ0n) is 7.08. The molecule has 2 rings (SSSR count). The van der Waals surface area contributed by atoms with Gasteiger partial charge in [-0.1, -0.05) is 23.1 Å². The predicted molar refractivity (Wildman–Crippen MR) is 58.1 cm³/mol. The number of aromatic nitrogens is 2. The molecule has 0 fully saturated rings. The van der Waals surface area contributed by atoms with Crippen molar-refractivity contribution in [2.24, 2.45) is 0 Å². The average molecular weight is 309 g/mol. The van der Waals surface area contributed by atoms with Crippen LogP contribution in [0.15, 0.2) is 31.4 Å². The zero-order valence-corrected chi connectivity index (χ0v) is 10.3. The summed E-state index contributed by atoms with van der Waals surface area (Å²) in [5, 5.41) is 7.58. The second kappa shape index (κ2) is 4.54. The van der Waals surface area contributed by atoms with Gasteiger partial charge in [-0.2, -0.15) is 0 Å². The van der Waals surface area contributed by atoms with E-state index in [4.69, 9.17) is 0 Å². The van der Waals surface area contributed by atoms with Crippen LogP contribution < -0.4 is 0 Å². The van der Waals surface area contributed by atoms with Crippen LogP contribution in [-0.4, -0.2) is 10.2 Å². The zero-order chi connectivity index (χ0) is 10.8. The van der Waals surface area contributed by atoms with Crippen LogP contribution in [-0.2, 0) is 0 Å². The number of benzene rings is 1. The van der Waals surface area contributed by atoms with Gasteiger partial charge in [0.2, 0.25) is 0 Å². The Balaban J connectivity index is 2.21. The van der Waals surface area contributed by atoms with Gasteiger partial charge in [-0.15, -0.1) is 10.2 Å². The third-order valence-corrected chi connectivity index (χ3v) is 3.87. The van der Waals surface area contributed by atoms with Crippen LogP contribution in [0, 0.1) is 11.6 Å². The van der Waals surface area contributed by atoms with Gasteiger partial charge in [-0.3, -0.25) is 0 Å². The molecule has 0 atom stereocenters. The maximum atomic E-state index is 12.9. The Hall–Kier alpha value is -0.530. The number of hydrogen-bond donors (Lipinski definition) is 0. The lowest BCUT2D eigenvalue weighted by Gasteiger charge is -1.97. The molecule has 0 spiro atoms. The van der Waals surface area contributed by atoms with Crippen LogP contribution >= 0.6 is 39.0 Å². The summed E-state index contributed by atoms with van der Waals surface area (Å²) in [5.41, 5.74) is 0. The Kier molecular flexibility index (Phi) is 3.32. The van der Waals surface area contributed by atoms with Crippen molar-refractivity contribution in [3.63, 3.8) is 0 Å². The molecular formula is C8H3BrF2N2S2. The summed E-state index contributed by atoms with van der Waals surface area (Å²) < 4.78 is 26.8. The first-order valence-corrected chi connectivity index (χ1v) is 6.19. The SMILES string of the molecule is Fc1ccc(Sc2nnc(Br)s2)cc1F. The lowest BCUT2D eigenvalue weighted by Crippen LogP contribution is -1.83. The van der Waals surface area contributed by atoms with Crippen LogP contribution in [0.2, 0.25) is 0 Å². The Morgan fingerprint density at radius 2 is 2.00 bits per heavy atom. The van der Waals surface area contributed by atoms with Crippen molar-refractivity contribution in [3.8, 4) is 0 Å². The van der Waals surface area contributed by atoms with E-state index in [-0.39, 0.29) is 0 Å². The molecular weight excluding hydrogens is 306 g/mol. The minimum absolute atomic E-state index is 0.595. The summed E-state index contributed by atoms with van der Waals surface area (Å²) >= 11 is 5.74. The summed E-state index contributed by atoms with van der Waals surface area (Å²) in [6, 6.07) is 3.72. The molecule has 1 aromatic carbocycles. The topological polar surface area (TPSA) is 25.8 Å². The maximum Gasteiger partial charge on any atom is 0.184 e. The molecule has 0 aliphatic rings. The second-order valence-electron chi connectivity index (χ2n) is 2.50. The van der Waals surface area contributed by atoms with E-state index in [1.165, 1.54) is 29.2 Å². The summed E-state index contributed by atoms with van der Waals surface area (Å²) in [6.07, 6.45) is 0. The van der Waals surface area contributed by atoms with Gasteiger partial charge in [0, 0.05) is 4.90 Å². The fraction of sp³-hybridized carbons (Fsp3) is 0. The molecule has 0 aliphatic carbocycles. The summed E-state index contributed by atoms with van der Waals surface area (Å²) in [6.45, 7) is 0. The molecule has 0 saturated heterocycles. The van der Waals surface area contributed by atoms with E-state index in [1.54, 1.807) is 0 Å². The van der Waals surface area contributed by atoms with Gasteiger partial charge in [-0.25, -0.2) is 8.78 Å². The molecule has 2 aromatic rings. The van der Waals surface area contributed by atoms with Gasteiger partial charge < -0.3 is 0 Å². The molecule has 0 bridgehead atoms. The van der Waals surface area contributed by atoms with Crippen LogP contribution in [0.4, 0.5) is 8.78 Å². The highest BCUT2D eigenvalue weighted by Crippen LogP contribution is 2.32. The molecule has 15 heavy (non-hydrogen) atoms. The number of nitrogens with zero attached hydrogens (tertiary/aromatic N) is 2. The van der Waals surface area contributed by atoms with E-state index in [0.717, 1.165) is 12.1 Å². The first-order chi connectivity index (χ1) is 7.15. The molecule has 1 heterocycles. The Labute approximate surface area is 101 Å². The van der Waals surface area contributed by atoms with Gasteiger partial charge >= 0.3 is 0 Å². The van der Waals surface area contributed by atoms with Crippen molar-refractivity contribution < 1.29 is 8.78 Å². The molecule has 0 aliphatic heterocycles. The minimum Gasteiger partial charge on any atom is -0.204 e. The fourth-order valence-electron chi connectivity index (χ4n) is 0.875. The normalized spacial score (nSPS) is 10.6. The first-order valence-electron chi connectivity index (χ1n) is 3.77. The lowest BCUT2D eigenvalue weighted by atomic mass is 10.3. The number of halogens is 3. The number of rotatable bonds is 2. The van der Waals surface area contributed by atoms with Crippen molar-refractivity contribution in [1.82, 2.24) is 10.2 Å². The van der Waals surface area contributed by atoms with Crippen molar-refractivity contribution >= 4 is 39.0 Å². The molecule has 0 radical (unpaired) electrons. The first kappa shape index (κ1) is 11.0. The van der Waals surface area contributed by atoms with E-state index < -0.39 is 11.6 Å². The van der Waals surface area contributed by atoms with Crippen LogP contribution in [0.1, 0.15) is 0 Å². The molecule has 0 unspecified atom stereocenters. The van der Waals surface area contributed by atoms with Gasteiger partial charge in [0.15, 0.2) is 19.9 Å². The highest BCUT2D eigenvalue weighted by Gasteiger charge is 2.07. The Morgan fingerprint density at radius 3 is 2.60 bits per heavy atom. The molecule has 0 saturated carbocycles. The molecule has 78 valence electrons. The van der Waals surface area contributed by atoms with E-state index in [9.17, 15) is 8.78 Å². The summed E-state index contributed by atoms with van der Waals surface area (Å²) in [7, 11) is 0. The van der Waals surface area contributed by atoms with Crippen molar-refractivity contribution in [3.05, 3.63) is 33.8 Å². The predicted octanol–water partition coefficient (Wildman–Crippen LogP) is 3.73.